The Labute approximate surface area is 91.4 Å². The zero-order valence-corrected chi connectivity index (χ0v) is 10.6. The summed E-state index contributed by atoms with van der Waals surface area (Å²) in [5.74, 6) is 0. The van der Waals surface area contributed by atoms with Crippen LogP contribution in [0.25, 0.3) is 0 Å². The first-order chi connectivity index (χ1) is 6.94. The summed E-state index contributed by atoms with van der Waals surface area (Å²) in [7, 11) is -3.41. The van der Waals surface area contributed by atoms with Gasteiger partial charge in [-0.2, -0.15) is 0 Å². The van der Waals surface area contributed by atoms with Crippen LogP contribution in [0.3, 0.4) is 0 Å². The molecule has 0 aromatic carbocycles. The maximum Gasteiger partial charge on any atom is 0.255 e. The molecule has 0 fully saturated rings. The Morgan fingerprint density at radius 1 is 1.33 bits per heavy atom. The molecule has 0 aromatic heterocycles. The summed E-state index contributed by atoms with van der Waals surface area (Å²) in [5, 5.41) is 0. The summed E-state index contributed by atoms with van der Waals surface area (Å²) < 4.78 is 22.1. The number of nitrogens with two attached hydrogens (primary N) is 1. The van der Waals surface area contributed by atoms with E-state index < -0.39 is 13.4 Å². The minimum atomic E-state index is -3.41. The number of ether oxygens (including phenoxy) is 2. The number of hydrogen-bond donors (Lipinski definition) is 2. The van der Waals surface area contributed by atoms with Gasteiger partial charge in [-0.3, -0.25) is 4.57 Å². The first-order valence-corrected chi connectivity index (χ1v) is 7.15. The van der Waals surface area contributed by atoms with E-state index in [9.17, 15) is 9.46 Å². The van der Waals surface area contributed by atoms with Gasteiger partial charge in [0.05, 0.1) is 0 Å². The minimum Gasteiger partial charge on any atom is -0.345 e. The van der Waals surface area contributed by atoms with Gasteiger partial charge < -0.3 is 20.1 Å². The maximum atomic E-state index is 11.8. The fourth-order valence-electron chi connectivity index (χ4n) is 1.06. The summed E-state index contributed by atoms with van der Waals surface area (Å²) in [6, 6.07) is -1.10. The molecule has 0 heterocycles. The molecule has 0 aliphatic rings. The van der Waals surface area contributed by atoms with Crippen LogP contribution in [-0.2, 0) is 14.0 Å². The maximum absolute atomic E-state index is 11.8. The van der Waals surface area contributed by atoms with E-state index in [4.69, 9.17) is 15.2 Å². The molecule has 0 aromatic rings. The van der Waals surface area contributed by atoms with Gasteiger partial charge in [0.25, 0.3) is 7.37 Å². The minimum absolute atomic E-state index is 0.0885. The normalized spacial score (nSPS) is 17.7. The smallest absolute Gasteiger partial charge is 0.255 e. The van der Waals surface area contributed by atoms with Crippen LogP contribution < -0.4 is 5.73 Å². The van der Waals surface area contributed by atoms with Crippen molar-refractivity contribution in [2.24, 2.45) is 5.73 Å². The van der Waals surface area contributed by atoms with Crippen molar-refractivity contribution < 1.29 is 18.9 Å². The van der Waals surface area contributed by atoms with E-state index in [1.165, 1.54) is 0 Å². The summed E-state index contributed by atoms with van der Waals surface area (Å²) in [6.07, 6.45) is 0.625. The molecule has 0 amide bonds. The van der Waals surface area contributed by atoms with Crippen molar-refractivity contribution in [3.05, 3.63) is 0 Å². The molecule has 0 radical (unpaired) electrons. The SMILES string of the molecule is CCOC(OCC)P(=O)(O)CCC(C)N. The van der Waals surface area contributed by atoms with E-state index in [-0.39, 0.29) is 12.2 Å². The van der Waals surface area contributed by atoms with E-state index in [1.807, 2.05) is 0 Å². The van der Waals surface area contributed by atoms with E-state index in [0.29, 0.717) is 19.6 Å². The van der Waals surface area contributed by atoms with Gasteiger partial charge in [-0.1, -0.05) is 0 Å². The van der Waals surface area contributed by atoms with Crippen molar-refractivity contribution in [2.45, 2.75) is 39.3 Å². The fraction of sp³-hybridized carbons (Fsp3) is 1.00. The summed E-state index contributed by atoms with van der Waals surface area (Å²) in [5.41, 5.74) is 5.53. The van der Waals surface area contributed by atoms with Crippen LogP contribution >= 0.6 is 7.37 Å². The van der Waals surface area contributed by atoms with Crippen molar-refractivity contribution in [1.82, 2.24) is 0 Å². The Morgan fingerprint density at radius 2 is 1.80 bits per heavy atom. The Kier molecular flexibility index (Phi) is 7.40. The zero-order chi connectivity index (χ0) is 11.9. The van der Waals surface area contributed by atoms with Crippen LogP contribution in [0.15, 0.2) is 0 Å². The summed E-state index contributed by atoms with van der Waals surface area (Å²) in [4.78, 5) is 9.74. The number of rotatable bonds is 8. The van der Waals surface area contributed by atoms with Gasteiger partial charge in [0.15, 0.2) is 0 Å². The third kappa shape index (κ3) is 6.28. The third-order valence-corrected chi connectivity index (χ3v) is 3.71. The van der Waals surface area contributed by atoms with Crippen LogP contribution in [0.1, 0.15) is 27.2 Å². The molecule has 0 saturated carbocycles. The van der Waals surface area contributed by atoms with E-state index in [1.54, 1.807) is 20.8 Å². The molecule has 6 heteroatoms. The summed E-state index contributed by atoms with van der Waals surface area (Å²) in [6.45, 7) is 6.03. The molecule has 0 bridgehead atoms. The van der Waals surface area contributed by atoms with Crippen LogP contribution in [0.5, 0.6) is 0 Å². The lowest BCUT2D eigenvalue weighted by Gasteiger charge is -2.23. The van der Waals surface area contributed by atoms with Gasteiger partial charge in [0.2, 0.25) is 6.03 Å². The van der Waals surface area contributed by atoms with Gasteiger partial charge >= 0.3 is 0 Å². The second-order valence-corrected chi connectivity index (χ2v) is 5.84. The van der Waals surface area contributed by atoms with Gasteiger partial charge in [0, 0.05) is 25.4 Å². The van der Waals surface area contributed by atoms with Crippen LogP contribution in [0.2, 0.25) is 0 Å². The monoisotopic (exact) mass is 239 g/mol. The van der Waals surface area contributed by atoms with E-state index in [0.717, 1.165) is 0 Å². The van der Waals surface area contributed by atoms with Crippen molar-refractivity contribution in [3.8, 4) is 0 Å². The molecule has 2 unspecified atom stereocenters. The van der Waals surface area contributed by atoms with E-state index >= 15 is 0 Å². The van der Waals surface area contributed by atoms with Crippen LogP contribution in [0.4, 0.5) is 0 Å². The van der Waals surface area contributed by atoms with E-state index in [2.05, 4.69) is 0 Å². The molecule has 0 aliphatic carbocycles. The van der Waals surface area contributed by atoms with Gasteiger partial charge in [-0.25, -0.2) is 0 Å². The highest BCUT2D eigenvalue weighted by Gasteiger charge is 2.32. The second kappa shape index (κ2) is 7.36. The fourth-order valence-corrected chi connectivity index (χ4v) is 2.81. The lowest BCUT2D eigenvalue weighted by molar-refractivity contribution is -0.0871. The molecule has 0 spiro atoms. The van der Waals surface area contributed by atoms with Gasteiger partial charge in [-0.15, -0.1) is 0 Å². The summed E-state index contributed by atoms with van der Waals surface area (Å²) >= 11 is 0. The Morgan fingerprint density at radius 3 is 2.13 bits per heavy atom. The van der Waals surface area contributed by atoms with Crippen molar-refractivity contribution in [2.75, 3.05) is 19.4 Å². The topological polar surface area (TPSA) is 81.8 Å². The first kappa shape index (κ1) is 15.1. The molecular weight excluding hydrogens is 217 g/mol. The second-order valence-electron chi connectivity index (χ2n) is 3.46. The highest BCUT2D eigenvalue weighted by molar-refractivity contribution is 7.58. The average molecular weight is 239 g/mol. The standard InChI is InChI=1S/C9H22NO4P/c1-4-13-9(14-5-2)15(11,12)7-6-8(3)10/h8-9H,4-7,10H2,1-3H3,(H,11,12). The molecular formula is C9H22NO4P. The van der Waals surface area contributed by atoms with Crippen molar-refractivity contribution in [3.63, 3.8) is 0 Å². The van der Waals surface area contributed by atoms with Gasteiger partial charge in [-0.05, 0) is 27.2 Å². The lowest BCUT2D eigenvalue weighted by atomic mass is 10.3. The molecule has 0 aliphatic heterocycles. The predicted molar refractivity (Wildman–Crippen MR) is 60.0 cm³/mol. The van der Waals surface area contributed by atoms with Crippen LogP contribution in [-0.4, -0.2) is 36.3 Å². The molecule has 3 N–H and O–H groups in total. The quantitative estimate of drug-likeness (QED) is 0.493. The largest absolute Gasteiger partial charge is 0.345 e. The first-order valence-electron chi connectivity index (χ1n) is 5.24. The Bertz CT molecular complexity index is 204. The van der Waals surface area contributed by atoms with Crippen molar-refractivity contribution >= 4 is 7.37 Å². The molecule has 5 nitrogen and oxygen atoms in total. The molecule has 0 saturated heterocycles. The third-order valence-electron chi connectivity index (χ3n) is 1.85. The highest BCUT2D eigenvalue weighted by atomic mass is 31.2. The molecule has 92 valence electrons. The Hall–Kier alpha value is 0.0700. The zero-order valence-electron chi connectivity index (χ0n) is 9.68. The lowest BCUT2D eigenvalue weighted by Crippen LogP contribution is -2.22. The highest BCUT2D eigenvalue weighted by Crippen LogP contribution is 2.47. The molecule has 2 atom stereocenters. The number of hydrogen-bond acceptors (Lipinski definition) is 4. The molecule has 0 rings (SSSR count). The van der Waals surface area contributed by atoms with Crippen molar-refractivity contribution in [1.29, 1.82) is 0 Å². The van der Waals surface area contributed by atoms with Gasteiger partial charge in [0.1, 0.15) is 0 Å². The predicted octanol–water partition coefficient (Wildman–Crippen LogP) is 1.35. The molecule has 15 heavy (non-hydrogen) atoms. The Balaban J connectivity index is 4.28. The van der Waals surface area contributed by atoms with Crippen LogP contribution in [0, 0.1) is 0 Å². The average Bonchev–Trinajstić information content (AvgIpc) is 2.15.